The molecule has 7 heteroatoms. The molecule has 0 bridgehead atoms. The Bertz CT molecular complexity index is 1240. The molecule has 4 rings (SSSR count). The van der Waals surface area contributed by atoms with Gasteiger partial charge in [0.1, 0.15) is 28.7 Å². The van der Waals surface area contributed by atoms with Gasteiger partial charge in [-0.2, -0.15) is 5.26 Å². The van der Waals surface area contributed by atoms with E-state index in [1.54, 1.807) is 31.2 Å². The highest BCUT2D eigenvalue weighted by Crippen LogP contribution is 2.51. The molecule has 1 atom stereocenters. The third-order valence-corrected chi connectivity index (χ3v) is 4.94. The van der Waals surface area contributed by atoms with Crippen LogP contribution in [0.3, 0.4) is 0 Å². The number of nitrogens with zero attached hydrogens (tertiary/aromatic N) is 1. The number of halogens is 1. The number of nitrogens with two attached hydrogens (primary N) is 1. The lowest BCUT2D eigenvalue weighted by atomic mass is 9.82. The van der Waals surface area contributed by atoms with Crippen LogP contribution in [-0.4, -0.2) is 5.11 Å². The smallest absolute Gasteiger partial charge is 0.336 e. The van der Waals surface area contributed by atoms with E-state index in [1.165, 1.54) is 12.1 Å². The molecule has 2 heterocycles. The number of phenols is 1. The average Bonchev–Trinajstić information content (AvgIpc) is 2.60. The van der Waals surface area contributed by atoms with Gasteiger partial charge in [-0.15, -0.1) is 0 Å². The molecule has 0 saturated carbocycles. The minimum absolute atomic E-state index is 0.0904. The Labute approximate surface area is 158 Å². The molecule has 1 aliphatic rings. The van der Waals surface area contributed by atoms with E-state index < -0.39 is 11.5 Å². The summed E-state index contributed by atoms with van der Waals surface area (Å²) in [5.74, 6) is -0.750. The second-order valence-corrected chi connectivity index (χ2v) is 6.61. The normalized spacial score (nSPS) is 16.0. The highest BCUT2D eigenvalue weighted by molar-refractivity contribution is 6.31. The topological polar surface area (TPSA) is 109 Å². The van der Waals surface area contributed by atoms with Crippen molar-refractivity contribution in [3.8, 4) is 17.6 Å². The second kappa shape index (κ2) is 6.08. The fraction of sp³-hybridized carbons (Fsp3) is 0.100. The number of ether oxygens (including phenoxy) is 1. The van der Waals surface area contributed by atoms with Gasteiger partial charge >= 0.3 is 5.63 Å². The van der Waals surface area contributed by atoms with Gasteiger partial charge in [0.2, 0.25) is 5.88 Å². The third kappa shape index (κ3) is 2.52. The SMILES string of the molecule is Cc1cc(=O)oc2cc(O)c3c(c12)OC(N)=C(C#N)[C@@H]3c1ccccc1Cl. The van der Waals surface area contributed by atoms with Gasteiger partial charge in [-0.3, -0.25) is 0 Å². The van der Waals surface area contributed by atoms with Gasteiger partial charge in [0.05, 0.1) is 16.9 Å². The lowest BCUT2D eigenvalue weighted by Gasteiger charge is -2.28. The number of aromatic hydroxyl groups is 1. The van der Waals surface area contributed by atoms with E-state index in [4.69, 9.17) is 26.5 Å². The summed E-state index contributed by atoms with van der Waals surface area (Å²) in [5.41, 5.74) is 7.34. The maximum atomic E-state index is 11.7. The van der Waals surface area contributed by atoms with Crippen LogP contribution in [0.1, 0.15) is 22.6 Å². The molecular weight excluding hydrogens is 368 g/mol. The molecule has 0 saturated heterocycles. The van der Waals surface area contributed by atoms with E-state index in [0.29, 0.717) is 27.1 Å². The number of benzene rings is 2. The van der Waals surface area contributed by atoms with E-state index >= 15 is 0 Å². The van der Waals surface area contributed by atoms with Gasteiger partial charge in [0.15, 0.2) is 0 Å². The largest absolute Gasteiger partial charge is 0.507 e. The molecule has 0 spiro atoms. The van der Waals surface area contributed by atoms with Gasteiger partial charge in [-0.1, -0.05) is 29.8 Å². The first-order valence-corrected chi connectivity index (χ1v) is 8.42. The minimum Gasteiger partial charge on any atom is -0.507 e. The van der Waals surface area contributed by atoms with Gasteiger partial charge in [-0.25, -0.2) is 4.79 Å². The Hall–Kier alpha value is -3.43. The zero-order valence-corrected chi connectivity index (χ0v) is 14.9. The van der Waals surface area contributed by atoms with E-state index in [2.05, 4.69) is 6.07 Å². The monoisotopic (exact) mass is 380 g/mol. The van der Waals surface area contributed by atoms with Crippen LogP contribution in [0.2, 0.25) is 5.02 Å². The number of allylic oxidation sites excluding steroid dienone is 1. The summed E-state index contributed by atoms with van der Waals surface area (Å²) in [6.45, 7) is 1.73. The number of phenolic OH excluding ortho intramolecular Hbond substituents is 1. The summed E-state index contributed by atoms with van der Waals surface area (Å²) >= 11 is 6.36. The van der Waals surface area contributed by atoms with Crippen molar-refractivity contribution in [2.24, 2.45) is 5.73 Å². The van der Waals surface area contributed by atoms with Crippen molar-refractivity contribution in [3.63, 3.8) is 0 Å². The number of rotatable bonds is 1. The quantitative estimate of drug-likeness (QED) is 0.623. The predicted octanol–water partition coefficient (Wildman–Crippen LogP) is 3.68. The number of hydrogen-bond donors (Lipinski definition) is 2. The molecule has 2 aromatic carbocycles. The predicted molar refractivity (Wildman–Crippen MR) is 99.6 cm³/mol. The fourth-order valence-corrected chi connectivity index (χ4v) is 3.70. The molecule has 0 unspecified atom stereocenters. The van der Waals surface area contributed by atoms with Gasteiger partial charge in [-0.05, 0) is 24.1 Å². The van der Waals surface area contributed by atoms with Crippen molar-refractivity contribution in [1.29, 1.82) is 5.26 Å². The first-order valence-electron chi connectivity index (χ1n) is 8.04. The van der Waals surface area contributed by atoms with E-state index in [0.717, 1.165) is 0 Å². The van der Waals surface area contributed by atoms with Gasteiger partial charge < -0.3 is 20.0 Å². The summed E-state index contributed by atoms with van der Waals surface area (Å²) in [6, 6.07) is 11.7. The van der Waals surface area contributed by atoms with Crippen LogP contribution >= 0.6 is 11.6 Å². The molecule has 0 fully saturated rings. The zero-order chi connectivity index (χ0) is 19.3. The Balaban J connectivity index is 2.15. The lowest BCUT2D eigenvalue weighted by molar-refractivity contribution is 0.385. The highest BCUT2D eigenvalue weighted by atomic mass is 35.5. The molecule has 0 aliphatic carbocycles. The van der Waals surface area contributed by atoms with Gasteiger partial charge in [0, 0.05) is 17.2 Å². The summed E-state index contributed by atoms with van der Waals surface area (Å²) in [4.78, 5) is 11.7. The zero-order valence-electron chi connectivity index (χ0n) is 14.1. The van der Waals surface area contributed by atoms with Crippen molar-refractivity contribution in [3.05, 3.63) is 80.0 Å². The van der Waals surface area contributed by atoms with Crippen LogP contribution in [0.4, 0.5) is 0 Å². The maximum absolute atomic E-state index is 11.7. The van der Waals surface area contributed by atoms with Crippen LogP contribution in [0, 0.1) is 18.3 Å². The average molecular weight is 381 g/mol. The Morgan fingerprint density at radius 2 is 2.04 bits per heavy atom. The van der Waals surface area contributed by atoms with Crippen LogP contribution < -0.4 is 16.1 Å². The summed E-state index contributed by atoms with van der Waals surface area (Å²) in [7, 11) is 0. The molecule has 1 aromatic heterocycles. The molecule has 0 radical (unpaired) electrons. The van der Waals surface area contributed by atoms with E-state index in [9.17, 15) is 15.2 Å². The van der Waals surface area contributed by atoms with Crippen molar-refractivity contribution >= 4 is 22.6 Å². The van der Waals surface area contributed by atoms with Crippen molar-refractivity contribution < 1.29 is 14.3 Å². The molecule has 134 valence electrons. The molecule has 6 nitrogen and oxygen atoms in total. The first-order chi connectivity index (χ1) is 12.9. The van der Waals surface area contributed by atoms with Crippen LogP contribution in [0.5, 0.6) is 11.5 Å². The Morgan fingerprint density at radius 1 is 1.30 bits per heavy atom. The van der Waals surface area contributed by atoms with E-state index in [1.807, 2.05) is 0 Å². The Morgan fingerprint density at radius 3 is 2.74 bits per heavy atom. The van der Waals surface area contributed by atoms with Crippen molar-refractivity contribution in [2.75, 3.05) is 0 Å². The maximum Gasteiger partial charge on any atom is 0.336 e. The number of nitriles is 1. The summed E-state index contributed by atoms with van der Waals surface area (Å²) in [5, 5.41) is 21.3. The number of aryl methyl sites for hydroxylation is 1. The van der Waals surface area contributed by atoms with Gasteiger partial charge in [0.25, 0.3) is 0 Å². The molecule has 27 heavy (non-hydrogen) atoms. The lowest BCUT2D eigenvalue weighted by Crippen LogP contribution is -2.22. The summed E-state index contributed by atoms with van der Waals surface area (Å²) < 4.78 is 10.9. The number of hydrogen-bond acceptors (Lipinski definition) is 6. The molecule has 0 amide bonds. The first kappa shape index (κ1) is 17.0. The number of fused-ring (bicyclic) bond motifs is 3. The van der Waals surface area contributed by atoms with Crippen LogP contribution in [-0.2, 0) is 0 Å². The van der Waals surface area contributed by atoms with Crippen molar-refractivity contribution in [1.82, 2.24) is 0 Å². The molecular formula is C20H13ClN2O4. The minimum atomic E-state index is -0.719. The van der Waals surface area contributed by atoms with E-state index in [-0.39, 0.29) is 28.5 Å². The van der Waals surface area contributed by atoms with Crippen LogP contribution in [0.25, 0.3) is 11.0 Å². The highest BCUT2D eigenvalue weighted by Gasteiger charge is 2.36. The molecule has 1 aliphatic heterocycles. The van der Waals surface area contributed by atoms with Crippen molar-refractivity contribution in [2.45, 2.75) is 12.8 Å². The molecule has 3 aromatic rings. The summed E-state index contributed by atoms with van der Waals surface area (Å²) in [6.07, 6.45) is 0. The fourth-order valence-electron chi connectivity index (χ4n) is 3.45. The molecule has 3 N–H and O–H groups in total. The Kier molecular flexibility index (Phi) is 3.83. The standard InChI is InChI=1S/C20H13ClN2O4/c1-9-6-15(25)26-14-7-13(24)18-17(10-4-2-3-5-12(10)21)11(8-22)20(23)27-19(18)16(9)14/h2-7,17,24H,23H2,1H3/t17-/m0/s1. The van der Waals surface area contributed by atoms with Crippen LogP contribution in [0.15, 0.2) is 57.1 Å². The third-order valence-electron chi connectivity index (χ3n) is 4.59. The second-order valence-electron chi connectivity index (χ2n) is 6.21.